The van der Waals surface area contributed by atoms with Crippen LogP contribution in [0.5, 0.6) is 0 Å². The summed E-state index contributed by atoms with van der Waals surface area (Å²) >= 11 is 3.52. The van der Waals surface area contributed by atoms with E-state index in [0.717, 1.165) is 0 Å². The molecular formula is C15H14S2. The van der Waals surface area contributed by atoms with E-state index >= 15 is 0 Å². The SMILES string of the molecule is Cc1ccsc1.c1ccc(-c2cccs2)cc1. The Morgan fingerprint density at radius 3 is 2.12 bits per heavy atom. The predicted molar refractivity (Wildman–Crippen MR) is 78.8 cm³/mol. The Hall–Kier alpha value is -1.38. The second-order valence-electron chi connectivity index (χ2n) is 3.64. The Bertz CT molecular complexity index is 507. The van der Waals surface area contributed by atoms with Gasteiger partial charge in [-0.25, -0.2) is 0 Å². The molecule has 3 aromatic rings. The molecule has 0 amide bonds. The fourth-order valence-electron chi connectivity index (χ4n) is 1.38. The summed E-state index contributed by atoms with van der Waals surface area (Å²) in [6.45, 7) is 2.09. The Balaban J connectivity index is 0.000000153. The van der Waals surface area contributed by atoms with Crippen LogP contribution in [0.1, 0.15) is 5.56 Å². The summed E-state index contributed by atoms with van der Waals surface area (Å²) in [4.78, 5) is 1.34. The molecule has 2 aromatic heterocycles. The summed E-state index contributed by atoms with van der Waals surface area (Å²) in [6.07, 6.45) is 0. The van der Waals surface area contributed by atoms with Gasteiger partial charge in [0.15, 0.2) is 0 Å². The van der Waals surface area contributed by atoms with Crippen LogP contribution in [0.3, 0.4) is 0 Å². The fourth-order valence-corrected chi connectivity index (χ4v) is 2.78. The van der Waals surface area contributed by atoms with Crippen LogP contribution in [0.25, 0.3) is 10.4 Å². The number of thiophene rings is 2. The molecule has 86 valence electrons. The maximum atomic E-state index is 2.14. The highest BCUT2D eigenvalue weighted by Gasteiger charge is 1.93. The van der Waals surface area contributed by atoms with E-state index in [4.69, 9.17) is 0 Å². The summed E-state index contributed by atoms with van der Waals surface area (Å²) in [5, 5.41) is 6.30. The smallest absolute Gasteiger partial charge is 0.0342 e. The largest absolute Gasteiger partial charge is 0.152 e. The maximum Gasteiger partial charge on any atom is 0.0342 e. The normalized spacial score (nSPS) is 9.47. The van der Waals surface area contributed by atoms with Gasteiger partial charge in [0.2, 0.25) is 0 Å². The van der Waals surface area contributed by atoms with Crippen molar-refractivity contribution in [3.05, 3.63) is 70.2 Å². The van der Waals surface area contributed by atoms with E-state index in [1.54, 1.807) is 22.7 Å². The van der Waals surface area contributed by atoms with Crippen LogP contribution in [0.2, 0.25) is 0 Å². The molecule has 0 bridgehead atoms. The highest BCUT2D eigenvalue weighted by molar-refractivity contribution is 7.13. The van der Waals surface area contributed by atoms with Crippen LogP contribution in [0, 0.1) is 6.92 Å². The number of rotatable bonds is 1. The predicted octanol–water partition coefficient (Wildman–Crippen LogP) is 5.47. The first-order valence-corrected chi connectivity index (χ1v) is 7.26. The molecule has 0 N–H and O–H groups in total. The van der Waals surface area contributed by atoms with Crippen molar-refractivity contribution in [1.29, 1.82) is 0 Å². The van der Waals surface area contributed by atoms with Crippen molar-refractivity contribution in [2.45, 2.75) is 6.92 Å². The second kappa shape index (κ2) is 6.38. The van der Waals surface area contributed by atoms with Gasteiger partial charge in [-0.15, -0.1) is 11.3 Å². The minimum atomic E-state index is 1.31. The Morgan fingerprint density at radius 2 is 1.65 bits per heavy atom. The van der Waals surface area contributed by atoms with E-state index in [0.29, 0.717) is 0 Å². The summed E-state index contributed by atoms with van der Waals surface area (Å²) in [6, 6.07) is 16.7. The van der Waals surface area contributed by atoms with Gasteiger partial charge in [0.05, 0.1) is 0 Å². The number of aryl methyl sites for hydroxylation is 1. The molecular weight excluding hydrogens is 244 g/mol. The Labute approximate surface area is 110 Å². The van der Waals surface area contributed by atoms with Crippen molar-refractivity contribution < 1.29 is 0 Å². The lowest BCUT2D eigenvalue weighted by molar-refractivity contribution is 1.56. The first-order chi connectivity index (χ1) is 8.36. The molecule has 0 spiro atoms. The molecule has 0 aliphatic rings. The molecule has 0 saturated carbocycles. The molecule has 0 radical (unpaired) electrons. The van der Waals surface area contributed by atoms with Gasteiger partial charge in [-0.2, -0.15) is 11.3 Å². The highest BCUT2D eigenvalue weighted by Crippen LogP contribution is 2.23. The van der Waals surface area contributed by atoms with Crippen molar-refractivity contribution in [3.63, 3.8) is 0 Å². The van der Waals surface area contributed by atoms with Crippen LogP contribution in [-0.2, 0) is 0 Å². The standard InChI is InChI=1S/C10H8S.C5H6S/c1-2-5-9(6-3-1)10-7-4-8-11-10;1-5-2-3-6-4-5/h1-8H;2-4H,1H3. The van der Waals surface area contributed by atoms with Crippen LogP contribution >= 0.6 is 22.7 Å². The van der Waals surface area contributed by atoms with Gasteiger partial charge >= 0.3 is 0 Å². The minimum absolute atomic E-state index is 1.31. The van der Waals surface area contributed by atoms with E-state index < -0.39 is 0 Å². The van der Waals surface area contributed by atoms with Gasteiger partial charge in [0.25, 0.3) is 0 Å². The Morgan fingerprint density at radius 1 is 0.824 bits per heavy atom. The molecule has 1 aromatic carbocycles. The highest BCUT2D eigenvalue weighted by atomic mass is 32.1. The van der Waals surface area contributed by atoms with Crippen molar-refractivity contribution in [1.82, 2.24) is 0 Å². The zero-order valence-electron chi connectivity index (χ0n) is 9.67. The van der Waals surface area contributed by atoms with Crippen LogP contribution in [0.15, 0.2) is 64.7 Å². The lowest BCUT2D eigenvalue weighted by atomic mass is 10.2. The quantitative estimate of drug-likeness (QED) is 0.543. The van der Waals surface area contributed by atoms with Gasteiger partial charge < -0.3 is 0 Å². The summed E-state index contributed by atoms with van der Waals surface area (Å²) in [7, 11) is 0. The van der Waals surface area contributed by atoms with E-state index in [1.165, 1.54) is 16.0 Å². The van der Waals surface area contributed by atoms with E-state index in [2.05, 4.69) is 65.5 Å². The van der Waals surface area contributed by atoms with Gasteiger partial charge in [0, 0.05) is 4.88 Å². The average Bonchev–Trinajstić information content (AvgIpc) is 3.03. The summed E-state index contributed by atoms with van der Waals surface area (Å²) in [5.74, 6) is 0. The van der Waals surface area contributed by atoms with Gasteiger partial charge in [-0.3, -0.25) is 0 Å². The minimum Gasteiger partial charge on any atom is -0.152 e. The molecule has 0 saturated heterocycles. The van der Waals surface area contributed by atoms with Crippen molar-refractivity contribution in [3.8, 4) is 10.4 Å². The van der Waals surface area contributed by atoms with Crippen molar-refractivity contribution in [2.75, 3.05) is 0 Å². The number of hydrogen-bond acceptors (Lipinski definition) is 2. The second-order valence-corrected chi connectivity index (χ2v) is 5.37. The molecule has 0 aliphatic carbocycles. The molecule has 0 fully saturated rings. The third-order valence-corrected chi connectivity index (χ3v) is 3.96. The molecule has 3 rings (SSSR count). The van der Waals surface area contributed by atoms with Crippen LogP contribution in [-0.4, -0.2) is 0 Å². The molecule has 2 heterocycles. The average molecular weight is 258 g/mol. The van der Waals surface area contributed by atoms with E-state index in [-0.39, 0.29) is 0 Å². The molecule has 0 unspecified atom stereocenters. The van der Waals surface area contributed by atoms with Gasteiger partial charge in [-0.1, -0.05) is 36.4 Å². The molecule has 2 heteroatoms. The maximum absolute atomic E-state index is 2.14. The lowest BCUT2D eigenvalue weighted by Crippen LogP contribution is -1.67. The summed E-state index contributed by atoms with van der Waals surface area (Å²) < 4.78 is 0. The van der Waals surface area contributed by atoms with Gasteiger partial charge in [0.1, 0.15) is 0 Å². The van der Waals surface area contributed by atoms with E-state index in [9.17, 15) is 0 Å². The monoisotopic (exact) mass is 258 g/mol. The lowest BCUT2D eigenvalue weighted by Gasteiger charge is -1.93. The van der Waals surface area contributed by atoms with Crippen molar-refractivity contribution in [2.24, 2.45) is 0 Å². The number of hydrogen-bond donors (Lipinski definition) is 0. The van der Waals surface area contributed by atoms with E-state index in [1.807, 2.05) is 6.07 Å². The first kappa shape index (κ1) is 12.1. The molecule has 0 atom stereocenters. The first-order valence-electron chi connectivity index (χ1n) is 5.44. The molecule has 17 heavy (non-hydrogen) atoms. The zero-order chi connectivity index (χ0) is 11.9. The van der Waals surface area contributed by atoms with Crippen LogP contribution < -0.4 is 0 Å². The number of benzene rings is 1. The third-order valence-electron chi connectivity index (χ3n) is 2.24. The molecule has 0 nitrogen and oxygen atoms in total. The summed E-state index contributed by atoms with van der Waals surface area (Å²) in [5.41, 5.74) is 2.67. The fraction of sp³-hybridized carbons (Fsp3) is 0.0667. The van der Waals surface area contributed by atoms with Gasteiger partial charge in [-0.05, 0) is 46.3 Å². The zero-order valence-corrected chi connectivity index (χ0v) is 11.3. The van der Waals surface area contributed by atoms with Crippen molar-refractivity contribution >= 4 is 22.7 Å². The molecule has 0 aliphatic heterocycles. The Kier molecular flexibility index (Phi) is 4.54. The van der Waals surface area contributed by atoms with Crippen LogP contribution in [0.4, 0.5) is 0 Å². The third kappa shape index (κ3) is 3.84. The topological polar surface area (TPSA) is 0 Å².